The molecule has 3 heterocycles. The van der Waals surface area contributed by atoms with E-state index in [0.717, 1.165) is 53.7 Å². The molecule has 0 bridgehead atoms. The molecule has 1 saturated heterocycles. The number of piperidine rings is 1. The Morgan fingerprint density at radius 3 is 2.66 bits per heavy atom. The second-order valence-corrected chi connectivity index (χ2v) is 8.58. The lowest BCUT2D eigenvalue weighted by Crippen LogP contribution is -2.39. The first-order valence-electron chi connectivity index (χ1n) is 11.3. The maximum atomic E-state index is 14.0. The quantitative estimate of drug-likeness (QED) is 0.456. The summed E-state index contributed by atoms with van der Waals surface area (Å²) >= 11 is 0. The summed E-state index contributed by atoms with van der Waals surface area (Å²) in [5.41, 5.74) is 4.41. The van der Waals surface area contributed by atoms with Crippen LogP contribution in [0.25, 0.3) is 11.8 Å². The molecule has 0 N–H and O–H groups in total. The van der Waals surface area contributed by atoms with E-state index in [2.05, 4.69) is 21.1 Å². The predicted octanol–water partition coefficient (Wildman–Crippen LogP) is 6.06. The third-order valence-corrected chi connectivity index (χ3v) is 6.22. The van der Waals surface area contributed by atoms with Crippen molar-refractivity contribution in [2.45, 2.75) is 39.7 Å². The van der Waals surface area contributed by atoms with Crippen LogP contribution >= 0.6 is 0 Å². The van der Waals surface area contributed by atoms with Gasteiger partial charge in [-0.25, -0.2) is 13.8 Å². The van der Waals surface area contributed by atoms with Gasteiger partial charge in [0, 0.05) is 25.2 Å². The zero-order chi connectivity index (χ0) is 23.7. The van der Waals surface area contributed by atoms with Crippen LogP contribution in [0.1, 0.15) is 49.6 Å². The van der Waals surface area contributed by atoms with Crippen LogP contribution in [-0.2, 0) is 4.84 Å². The number of oxime groups is 1. The van der Waals surface area contributed by atoms with Gasteiger partial charge in [0.05, 0.1) is 30.9 Å². The van der Waals surface area contributed by atoms with E-state index in [1.807, 2.05) is 35.9 Å². The van der Waals surface area contributed by atoms with Gasteiger partial charge < -0.3 is 19.0 Å². The number of fused-ring (bicyclic) bond motifs is 1. The Bertz CT molecular complexity index is 1250. The lowest BCUT2D eigenvalue weighted by atomic mass is 9.95. The van der Waals surface area contributed by atoms with E-state index in [4.69, 9.17) is 9.57 Å². The predicted molar refractivity (Wildman–Crippen MR) is 133 cm³/mol. The van der Waals surface area contributed by atoms with Crippen molar-refractivity contribution in [1.29, 1.82) is 0 Å². The Hall–Kier alpha value is -3.68. The number of aromatic nitrogens is 2. The molecule has 0 saturated carbocycles. The van der Waals surface area contributed by atoms with Crippen LogP contribution in [0.2, 0.25) is 0 Å². The van der Waals surface area contributed by atoms with E-state index in [-0.39, 0.29) is 13.5 Å². The molecule has 1 aromatic heterocycles. The molecule has 0 spiro atoms. The summed E-state index contributed by atoms with van der Waals surface area (Å²) in [7, 11) is 1.65. The highest BCUT2D eigenvalue weighted by atomic mass is 19.1. The SMILES string of the molecule is C.COc1cc(/C=C2\CCCN3C2=NOCC[C@@H]3c2cc(F)cc(F)c2)ccc1-n1cnc(C)c1. The molecule has 1 atom stereocenters. The van der Waals surface area contributed by atoms with Gasteiger partial charge in [0.15, 0.2) is 5.84 Å². The number of nitrogens with zero attached hydrogens (tertiary/aromatic N) is 4. The second kappa shape index (κ2) is 10.3. The Morgan fingerprint density at radius 1 is 1.14 bits per heavy atom. The first-order valence-corrected chi connectivity index (χ1v) is 11.3. The van der Waals surface area contributed by atoms with Gasteiger partial charge in [0.1, 0.15) is 24.0 Å². The number of amidine groups is 1. The Kier molecular flexibility index (Phi) is 7.19. The molecule has 2 aromatic carbocycles. The number of hydrogen-bond acceptors (Lipinski definition) is 5. The number of ether oxygens (including phenoxy) is 1. The topological polar surface area (TPSA) is 51.9 Å². The van der Waals surface area contributed by atoms with Crippen LogP contribution in [0.15, 0.2) is 59.7 Å². The lowest BCUT2D eigenvalue weighted by Gasteiger charge is -2.36. The smallest absolute Gasteiger partial charge is 0.171 e. The van der Waals surface area contributed by atoms with Gasteiger partial charge in [-0.05, 0) is 66.8 Å². The van der Waals surface area contributed by atoms with E-state index in [0.29, 0.717) is 24.4 Å². The third-order valence-electron chi connectivity index (χ3n) is 6.22. The van der Waals surface area contributed by atoms with Crippen molar-refractivity contribution in [1.82, 2.24) is 14.5 Å². The van der Waals surface area contributed by atoms with Crippen molar-refractivity contribution >= 4 is 11.9 Å². The molecule has 35 heavy (non-hydrogen) atoms. The van der Waals surface area contributed by atoms with Crippen LogP contribution in [0.4, 0.5) is 8.78 Å². The van der Waals surface area contributed by atoms with Gasteiger partial charge in [0.25, 0.3) is 0 Å². The first kappa shape index (κ1) is 24.4. The van der Waals surface area contributed by atoms with E-state index in [1.165, 1.54) is 12.1 Å². The van der Waals surface area contributed by atoms with E-state index >= 15 is 0 Å². The van der Waals surface area contributed by atoms with Crippen molar-refractivity contribution in [3.05, 3.63) is 83.0 Å². The fourth-order valence-corrected chi connectivity index (χ4v) is 4.69. The summed E-state index contributed by atoms with van der Waals surface area (Å²) in [5, 5.41) is 4.40. The molecular weight excluding hydrogens is 450 g/mol. The van der Waals surface area contributed by atoms with Crippen LogP contribution in [-0.4, -0.2) is 40.5 Å². The van der Waals surface area contributed by atoms with Gasteiger partial charge >= 0.3 is 0 Å². The van der Waals surface area contributed by atoms with Crippen LogP contribution in [0.3, 0.4) is 0 Å². The molecule has 5 rings (SSSR count). The molecular formula is C27H30F2N4O2. The number of benzene rings is 2. The molecule has 8 heteroatoms. The summed E-state index contributed by atoms with van der Waals surface area (Å²) < 4.78 is 35.5. The van der Waals surface area contributed by atoms with E-state index in [1.54, 1.807) is 13.4 Å². The minimum Gasteiger partial charge on any atom is -0.495 e. The van der Waals surface area contributed by atoms with Gasteiger partial charge in [0.2, 0.25) is 0 Å². The molecule has 0 aliphatic carbocycles. The Balaban J connectivity index is 0.00000289. The van der Waals surface area contributed by atoms with Gasteiger partial charge in [-0.2, -0.15) is 0 Å². The van der Waals surface area contributed by atoms with Gasteiger partial charge in [-0.3, -0.25) is 0 Å². The minimum absolute atomic E-state index is 0. The zero-order valence-electron chi connectivity index (χ0n) is 19.2. The van der Waals surface area contributed by atoms with Gasteiger partial charge in [-0.15, -0.1) is 0 Å². The number of rotatable bonds is 4. The maximum Gasteiger partial charge on any atom is 0.171 e. The molecule has 6 nitrogen and oxygen atoms in total. The van der Waals surface area contributed by atoms with Crippen molar-refractivity contribution in [3.63, 3.8) is 0 Å². The standard InChI is InChI=1S/C26H26F2N4O2.CH4/c1-17-15-31(16-29-17)24-6-5-18(11-25(24)33-2)10-19-4-3-8-32-23(7-9-34-30-26(19)32)20-12-21(27)14-22(28)13-20;/h5-6,10-16,23H,3-4,7-9H2,1-2H3;1H4/b19-10+;/t23-;/m1./s1. The molecule has 2 aliphatic heterocycles. The summed E-state index contributed by atoms with van der Waals surface area (Å²) in [6.45, 7) is 3.06. The average Bonchev–Trinajstić information content (AvgIpc) is 3.12. The Labute approximate surface area is 204 Å². The fraction of sp³-hybridized carbons (Fsp3) is 0.333. The van der Waals surface area contributed by atoms with Crippen molar-refractivity contribution < 1.29 is 18.4 Å². The highest BCUT2D eigenvalue weighted by Gasteiger charge is 2.32. The lowest BCUT2D eigenvalue weighted by molar-refractivity contribution is 0.140. The number of imidazole rings is 1. The summed E-state index contributed by atoms with van der Waals surface area (Å²) in [5.74, 6) is 0.289. The average molecular weight is 481 g/mol. The van der Waals surface area contributed by atoms with Crippen molar-refractivity contribution in [3.8, 4) is 11.4 Å². The van der Waals surface area contributed by atoms with Gasteiger partial charge in [-0.1, -0.05) is 18.6 Å². The number of hydrogen-bond donors (Lipinski definition) is 0. The highest BCUT2D eigenvalue weighted by Crippen LogP contribution is 2.35. The molecule has 2 aliphatic rings. The van der Waals surface area contributed by atoms with E-state index in [9.17, 15) is 8.78 Å². The molecule has 0 radical (unpaired) electrons. The number of methoxy groups -OCH3 is 1. The number of aryl methyl sites for hydroxylation is 1. The van der Waals surface area contributed by atoms with Crippen molar-refractivity contribution in [2.75, 3.05) is 20.3 Å². The van der Waals surface area contributed by atoms with Crippen LogP contribution in [0, 0.1) is 18.6 Å². The van der Waals surface area contributed by atoms with Crippen LogP contribution < -0.4 is 4.74 Å². The number of halogens is 2. The van der Waals surface area contributed by atoms with Crippen LogP contribution in [0.5, 0.6) is 5.75 Å². The molecule has 0 unspecified atom stereocenters. The zero-order valence-corrected chi connectivity index (χ0v) is 19.2. The summed E-state index contributed by atoms with van der Waals surface area (Å²) in [4.78, 5) is 12.0. The second-order valence-electron chi connectivity index (χ2n) is 8.58. The molecule has 1 fully saturated rings. The maximum absolute atomic E-state index is 14.0. The first-order chi connectivity index (χ1) is 16.5. The minimum atomic E-state index is -0.577. The normalized spacial score (nSPS) is 18.7. The Morgan fingerprint density at radius 2 is 1.94 bits per heavy atom. The molecule has 0 amide bonds. The fourth-order valence-electron chi connectivity index (χ4n) is 4.69. The van der Waals surface area contributed by atoms with Crippen molar-refractivity contribution in [2.24, 2.45) is 5.16 Å². The summed E-state index contributed by atoms with van der Waals surface area (Å²) in [6.07, 6.45) is 8.11. The largest absolute Gasteiger partial charge is 0.495 e. The third kappa shape index (κ3) is 5.06. The van der Waals surface area contributed by atoms with E-state index < -0.39 is 11.6 Å². The monoisotopic (exact) mass is 480 g/mol. The highest BCUT2D eigenvalue weighted by molar-refractivity contribution is 6.02. The molecule has 184 valence electrons. The summed E-state index contributed by atoms with van der Waals surface area (Å²) in [6, 6.07) is 9.49. The molecule has 3 aromatic rings.